The number of sulfone groups is 1. The molecule has 288 valence electrons. The summed E-state index contributed by atoms with van der Waals surface area (Å²) in [6.45, 7) is 17.6. The predicted molar refractivity (Wildman–Crippen MR) is 188 cm³/mol. The number of piperidine rings is 1. The van der Waals surface area contributed by atoms with Crippen LogP contribution in [0.2, 0.25) is 0 Å². The number of nitrogens with zero attached hydrogens (tertiary/aromatic N) is 1. The van der Waals surface area contributed by atoms with Gasteiger partial charge in [-0.1, -0.05) is 53.5 Å². The first-order valence-corrected chi connectivity index (χ1v) is 19.6. The maximum Gasteiger partial charge on any atom is 0.315 e. The van der Waals surface area contributed by atoms with Gasteiger partial charge in [0.1, 0.15) is 12.1 Å². The van der Waals surface area contributed by atoms with Gasteiger partial charge in [-0.05, 0) is 68.6 Å². The highest BCUT2D eigenvalue weighted by Gasteiger charge is 2.70. The summed E-state index contributed by atoms with van der Waals surface area (Å²) in [5.41, 5.74) is -2.64. The molecule has 3 saturated carbocycles. The lowest BCUT2D eigenvalue weighted by atomic mass is 9.81. The molecular weight excluding hydrogens is 684 g/mol. The molecule has 4 rings (SSSR count). The summed E-state index contributed by atoms with van der Waals surface area (Å²) in [4.78, 5) is 69.4. The fourth-order valence-electron chi connectivity index (χ4n) is 7.60. The zero-order valence-electron chi connectivity index (χ0n) is 31.3. The second-order valence-corrected chi connectivity index (χ2v) is 20.6. The largest absolute Gasteiger partial charge is 0.346 e. The number of hydrogen-bond donors (Lipinski definition) is 4. The van der Waals surface area contributed by atoms with E-state index < -0.39 is 97.7 Å². The van der Waals surface area contributed by atoms with E-state index in [-0.39, 0.29) is 49.1 Å². The molecule has 5 amide bonds. The molecule has 3 aliphatic carbocycles. The first-order chi connectivity index (χ1) is 23.3. The molecule has 0 radical (unpaired) electrons. The number of amides is 5. The highest BCUT2D eigenvalue weighted by Crippen LogP contribution is 2.65. The zero-order chi connectivity index (χ0) is 38.5. The van der Waals surface area contributed by atoms with Crippen LogP contribution in [-0.4, -0.2) is 96.0 Å². The van der Waals surface area contributed by atoms with Gasteiger partial charge in [0.05, 0.1) is 22.1 Å². The number of carbonyl (C=O) groups excluding carboxylic acids is 5. The van der Waals surface area contributed by atoms with Gasteiger partial charge >= 0.3 is 6.03 Å². The third-order valence-electron chi connectivity index (χ3n) is 11.4. The molecule has 0 aromatic carbocycles. The number of urea groups is 1. The van der Waals surface area contributed by atoms with E-state index in [2.05, 4.69) is 27.8 Å². The Morgan fingerprint density at radius 2 is 1.55 bits per heavy atom. The maximum atomic E-state index is 14.4. The van der Waals surface area contributed by atoms with Crippen molar-refractivity contribution in [3.8, 4) is 0 Å². The maximum absolute atomic E-state index is 14.4. The molecule has 12 nitrogen and oxygen atoms in total. The van der Waals surface area contributed by atoms with Crippen LogP contribution in [0.4, 0.5) is 13.6 Å². The van der Waals surface area contributed by atoms with Crippen LogP contribution < -0.4 is 21.3 Å². The highest BCUT2D eigenvalue weighted by atomic mass is 32.2. The van der Waals surface area contributed by atoms with Gasteiger partial charge in [-0.25, -0.2) is 22.0 Å². The molecule has 0 aromatic heterocycles. The molecule has 1 aliphatic heterocycles. The van der Waals surface area contributed by atoms with Gasteiger partial charge in [0, 0.05) is 25.9 Å². The van der Waals surface area contributed by atoms with Gasteiger partial charge in [0.15, 0.2) is 9.84 Å². The molecule has 0 spiro atoms. The molecule has 4 fully saturated rings. The average Bonchev–Trinajstić information content (AvgIpc) is 3.85. The van der Waals surface area contributed by atoms with Crippen LogP contribution in [0.15, 0.2) is 12.7 Å². The Morgan fingerprint density at radius 1 is 0.961 bits per heavy atom. The van der Waals surface area contributed by atoms with E-state index in [4.69, 9.17) is 0 Å². The Labute approximate surface area is 301 Å². The monoisotopic (exact) mass is 741 g/mol. The smallest absolute Gasteiger partial charge is 0.315 e. The van der Waals surface area contributed by atoms with Crippen LogP contribution in [0.5, 0.6) is 0 Å². The second kappa shape index (κ2) is 14.0. The summed E-state index contributed by atoms with van der Waals surface area (Å²) >= 11 is 0. The summed E-state index contributed by atoms with van der Waals surface area (Å²) in [6.07, 6.45) is 1.77. The van der Waals surface area contributed by atoms with Crippen LogP contribution in [0.3, 0.4) is 0 Å². The standard InChI is InChI=1S/C36H57F2N5O7S/c1-10-17-39-29(46)26(44)23(18-21-11-12-21)40-28(45)25-24-22(34(24,8)9)19-43(25)30(47)27(32(2,3)4)41-31(48)42-35(13-15-36(37,38)16-14-35)20-51(49,50)33(5,6)7/h10,21-25,27H,1,11-20H2,2-9H3,(H,39,46)(H,40,45)(H2,41,42,48)/t22-,23?,24?,25-,27?/m0/s1. The van der Waals surface area contributed by atoms with Crippen LogP contribution >= 0.6 is 0 Å². The number of carbonyl (C=O) groups is 5. The summed E-state index contributed by atoms with van der Waals surface area (Å²) in [5, 5.41) is 10.7. The minimum Gasteiger partial charge on any atom is -0.346 e. The molecule has 15 heteroatoms. The van der Waals surface area contributed by atoms with E-state index in [9.17, 15) is 41.2 Å². The number of fused-ring (bicyclic) bond motifs is 1. The molecule has 3 unspecified atom stereocenters. The number of alkyl halides is 2. The van der Waals surface area contributed by atoms with Crippen molar-refractivity contribution in [1.82, 2.24) is 26.2 Å². The Kier molecular flexibility index (Phi) is 11.2. The van der Waals surface area contributed by atoms with E-state index in [1.54, 1.807) is 20.8 Å². The lowest BCUT2D eigenvalue weighted by molar-refractivity contribution is -0.145. The van der Waals surface area contributed by atoms with Crippen molar-refractivity contribution in [2.45, 2.75) is 135 Å². The van der Waals surface area contributed by atoms with Crippen molar-refractivity contribution in [2.75, 3.05) is 18.8 Å². The number of rotatable bonds is 13. The number of likely N-dealkylation sites (tertiary alicyclic amines) is 1. The van der Waals surface area contributed by atoms with Crippen LogP contribution in [-0.2, 0) is 29.0 Å². The number of hydrogen-bond acceptors (Lipinski definition) is 7. The fraction of sp³-hybridized carbons (Fsp3) is 0.806. The number of Topliss-reactive ketones (excluding diaryl/α,β-unsaturated/α-hetero) is 1. The molecule has 4 N–H and O–H groups in total. The third kappa shape index (κ3) is 9.11. The van der Waals surface area contributed by atoms with Crippen molar-refractivity contribution < 1.29 is 41.2 Å². The van der Waals surface area contributed by atoms with Gasteiger partial charge in [0.2, 0.25) is 23.5 Å². The van der Waals surface area contributed by atoms with Gasteiger partial charge in [-0.3, -0.25) is 19.2 Å². The summed E-state index contributed by atoms with van der Waals surface area (Å²) < 4.78 is 53.9. The zero-order valence-corrected chi connectivity index (χ0v) is 32.1. The lowest BCUT2D eigenvalue weighted by Gasteiger charge is -2.43. The topological polar surface area (TPSA) is 171 Å². The van der Waals surface area contributed by atoms with Crippen molar-refractivity contribution in [3.63, 3.8) is 0 Å². The van der Waals surface area contributed by atoms with Crippen molar-refractivity contribution >= 4 is 39.4 Å². The summed E-state index contributed by atoms with van der Waals surface area (Å²) in [6, 6.07) is -4.10. The van der Waals surface area contributed by atoms with Crippen molar-refractivity contribution in [1.29, 1.82) is 0 Å². The molecular formula is C36H57F2N5O7S. The van der Waals surface area contributed by atoms with Gasteiger partial charge < -0.3 is 26.2 Å². The Hall–Kier alpha value is -3.10. The van der Waals surface area contributed by atoms with Crippen molar-refractivity contribution in [3.05, 3.63) is 12.7 Å². The van der Waals surface area contributed by atoms with Crippen LogP contribution in [0.1, 0.15) is 100 Å². The number of halogens is 2. The summed E-state index contributed by atoms with van der Waals surface area (Å²) in [7, 11) is -3.84. The van der Waals surface area contributed by atoms with Gasteiger partial charge in [-0.2, -0.15) is 0 Å². The SMILES string of the molecule is C=CCNC(=O)C(=O)C(CC1CC1)NC(=O)[C@@H]1C2[C@H](CN1C(=O)C(NC(=O)NC1(CS(=O)(=O)C(C)(C)C)CCC(F)(F)CC1)C(C)(C)C)C2(C)C. The minimum absolute atomic E-state index is 0.0186. The number of nitrogens with one attached hydrogen (secondary N) is 4. The van der Waals surface area contributed by atoms with Crippen LogP contribution in [0, 0.1) is 28.6 Å². The fourth-order valence-corrected chi connectivity index (χ4v) is 9.12. The van der Waals surface area contributed by atoms with E-state index in [0.29, 0.717) is 6.42 Å². The normalized spacial score (nSPS) is 26.2. The number of ketones is 1. The Balaban J connectivity index is 1.56. The van der Waals surface area contributed by atoms with E-state index >= 15 is 0 Å². The van der Waals surface area contributed by atoms with E-state index in [0.717, 1.165) is 12.8 Å². The third-order valence-corrected chi connectivity index (χ3v) is 14.2. The second-order valence-electron chi connectivity index (χ2n) is 17.9. The molecule has 0 aromatic rings. The van der Waals surface area contributed by atoms with E-state index in [1.165, 1.54) is 31.7 Å². The molecule has 5 atom stereocenters. The molecule has 4 aliphatic rings. The van der Waals surface area contributed by atoms with E-state index in [1.807, 2.05) is 13.8 Å². The van der Waals surface area contributed by atoms with Crippen LogP contribution in [0.25, 0.3) is 0 Å². The average molecular weight is 742 g/mol. The Morgan fingerprint density at radius 3 is 2.06 bits per heavy atom. The Bertz CT molecular complexity index is 1520. The first-order valence-electron chi connectivity index (χ1n) is 18.0. The lowest BCUT2D eigenvalue weighted by Crippen LogP contribution is -2.64. The molecule has 0 bridgehead atoms. The summed E-state index contributed by atoms with van der Waals surface area (Å²) in [5.74, 6) is -6.27. The van der Waals surface area contributed by atoms with Gasteiger partial charge in [0.25, 0.3) is 5.91 Å². The van der Waals surface area contributed by atoms with Gasteiger partial charge in [-0.15, -0.1) is 6.58 Å². The molecule has 1 saturated heterocycles. The quantitative estimate of drug-likeness (QED) is 0.165. The van der Waals surface area contributed by atoms with Crippen molar-refractivity contribution in [2.24, 2.45) is 28.6 Å². The first kappa shape index (κ1) is 40.7. The minimum atomic E-state index is -3.84. The predicted octanol–water partition coefficient (Wildman–Crippen LogP) is 3.50. The molecule has 51 heavy (non-hydrogen) atoms. The highest BCUT2D eigenvalue weighted by molar-refractivity contribution is 7.92. The molecule has 1 heterocycles.